The van der Waals surface area contributed by atoms with Gasteiger partial charge in [0, 0.05) is 17.6 Å². The van der Waals surface area contributed by atoms with E-state index >= 15 is 0 Å². The van der Waals surface area contributed by atoms with Crippen molar-refractivity contribution in [3.05, 3.63) is 77.6 Å². The Morgan fingerprint density at radius 1 is 1.00 bits per heavy atom. The Balaban J connectivity index is 1.70. The molecule has 1 amide bonds. The molecule has 3 aromatic rings. The Hall–Kier alpha value is -3.74. The van der Waals surface area contributed by atoms with E-state index in [1.165, 1.54) is 19.4 Å². The molecule has 2 N–H and O–H groups in total. The molecule has 0 atom stereocenters. The van der Waals surface area contributed by atoms with Gasteiger partial charge in [0.05, 0.1) is 12.7 Å². The highest BCUT2D eigenvalue weighted by Crippen LogP contribution is 2.15. The summed E-state index contributed by atoms with van der Waals surface area (Å²) >= 11 is 0. The Morgan fingerprint density at radius 2 is 1.78 bits per heavy atom. The van der Waals surface area contributed by atoms with E-state index in [-0.39, 0.29) is 11.6 Å². The first-order valence-corrected chi connectivity index (χ1v) is 8.21. The van der Waals surface area contributed by atoms with Crippen LogP contribution in [0.5, 0.6) is 0 Å². The molecule has 7 heteroatoms. The van der Waals surface area contributed by atoms with Crippen molar-refractivity contribution in [3.8, 4) is 0 Å². The van der Waals surface area contributed by atoms with Crippen LogP contribution >= 0.6 is 0 Å². The van der Waals surface area contributed by atoms with Crippen LogP contribution < -0.4 is 10.6 Å². The molecule has 0 bridgehead atoms. The molecule has 0 saturated heterocycles. The van der Waals surface area contributed by atoms with Crippen LogP contribution in [0, 0.1) is 6.92 Å². The lowest BCUT2D eigenvalue weighted by Gasteiger charge is -2.08. The molecule has 27 heavy (non-hydrogen) atoms. The van der Waals surface area contributed by atoms with Gasteiger partial charge in [-0.15, -0.1) is 0 Å². The predicted octanol–water partition coefficient (Wildman–Crippen LogP) is 3.57. The van der Waals surface area contributed by atoms with Crippen molar-refractivity contribution in [2.75, 3.05) is 17.7 Å². The van der Waals surface area contributed by atoms with Crippen molar-refractivity contribution in [2.45, 2.75) is 6.92 Å². The monoisotopic (exact) mass is 362 g/mol. The Kier molecular flexibility index (Phi) is 5.41. The average molecular weight is 362 g/mol. The minimum absolute atomic E-state index is 0.220. The number of rotatable bonds is 5. The van der Waals surface area contributed by atoms with Gasteiger partial charge in [-0.3, -0.25) is 4.79 Å². The summed E-state index contributed by atoms with van der Waals surface area (Å²) in [4.78, 5) is 32.3. The maximum absolute atomic E-state index is 12.4. The van der Waals surface area contributed by atoms with Gasteiger partial charge in [-0.1, -0.05) is 12.1 Å². The van der Waals surface area contributed by atoms with E-state index in [2.05, 4.69) is 25.3 Å². The first kappa shape index (κ1) is 18.1. The lowest BCUT2D eigenvalue weighted by Crippen LogP contribution is -2.15. The number of carbonyl (C=O) groups excluding carboxylic acids is 2. The van der Waals surface area contributed by atoms with Gasteiger partial charge in [-0.05, 0) is 55.0 Å². The van der Waals surface area contributed by atoms with Gasteiger partial charge >= 0.3 is 5.97 Å². The van der Waals surface area contributed by atoms with Crippen LogP contribution in [0.1, 0.15) is 26.4 Å². The molecule has 2 aromatic carbocycles. The van der Waals surface area contributed by atoms with Crippen molar-refractivity contribution >= 4 is 29.2 Å². The molecule has 0 unspecified atom stereocenters. The number of benzene rings is 2. The molecule has 1 heterocycles. The number of ether oxygens (including phenoxy) is 1. The van der Waals surface area contributed by atoms with Crippen molar-refractivity contribution in [1.29, 1.82) is 0 Å². The van der Waals surface area contributed by atoms with Gasteiger partial charge in [-0.25, -0.2) is 14.8 Å². The molecular weight excluding hydrogens is 344 g/mol. The number of anilines is 3. The molecule has 1 aromatic heterocycles. The Labute approximate surface area is 156 Å². The van der Waals surface area contributed by atoms with Gasteiger partial charge in [0.2, 0.25) is 5.95 Å². The van der Waals surface area contributed by atoms with E-state index in [0.29, 0.717) is 17.2 Å². The number of nitrogens with one attached hydrogen (secondary N) is 2. The second-order valence-electron chi connectivity index (χ2n) is 5.78. The number of aromatic nitrogens is 2. The smallest absolute Gasteiger partial charge is 0.337 e. The third kappa shape index (κ3) is 4.66. The summed E-state index contributed by atoms with van der Waals surface area (Å²) in [5, 5.41) is 5.81. The highest BCUT2D eigenvalue weighted by molar-refractivity contribution is 6.03. The summed E-state index contributed by atoms with van der Waals surface area (Å²) in [6.07, 6.45) is 1.51. The summed E-state index contributed by atoms with van der Waals surface area (Å²) in [5.41, 5.74) is 3.11. The normalized spacial score (nSPS) is 10.1. The molecule has 0 radical (unpaired) electrons. The van der Waals surface area contributed by atoms with Gasteiger partial charge in [0.1, 0.15) is 5.69 Å². The van der Waals surface area contributed by atoms with Gasteiger partial charge < -0.3 is 15.4 Å². The van der Waals surface area contributed by atoms with Crippen molar-refractivity contribution in [1.82, 2.24) is 9.97 Å². The molecular formula is C20H18N4O3. The second kappa shape index (κ2) is 8.09. The summed E-state index contributed by atoms with van der Waals surface area (Å²) < 4.78 is 4.65. The van der Waals surface area contributed by atoms with E-state index in [1.807, 2.05) is 31.2 Å². The summed E-state index contributed by atoms with van der Waals surface area (Å²) in [6, 6.07) is 15.7. The third-order valence-electron chi connectivity index (χ3n) is 3.73. The lowest BCUT2D eigenvalue weighted by atomic mass is 10.2. The van der Waals surface area contributed by atoms with Crippen LogP contribution in [-0.4, -0.2) is 29.0 Å². The fourth-order valence-corrected chi connectivity index (χ4v) is 2.40. The minimum Gasteiger partial charge on any atom is -0.465 e. The predicted molar refractivity (Wildman–Crippen MR) is 102 cm³/mol. The molecule has 0 fully saturated rings. The molecule has 0 aliphatic heterocycles. The summed E-state index contributed by atoms with van der Waals surface area (Å²) in [7, 11) is 1.31. The van der Waals surface area contributed by atoms with Gasteiger partial charge in [0.15, 0.2) is 0 Å². The SMILES string of the molecule is COC(=O)c1ccc(NC(=O)c2ccnc(Nc3cccc(C)c3)n2)cc1. The maximum atomic E-state index is 12.4. The number of methoxy groups -OCH3 is 1. The zero-order valence-electron chi connectivity index (χ0n) is 14.9. The number of hydrogen-bond donors (Lipinski definition) is 2. The summed E-state index contributed by atoms with van der Waals surface area (Å²) in [6.45, 7) is 1.99. The number of hydrogen-bond acceptors (Lipinski definition) is 6. The van der Waals surface area contributed by atoms with Crippen molar-refractivity contribution in [3.63, 3.8) is 0 Å². The molecule has 0 spiro atoms. The van der Waals surface area contributed by atoms with Gasteiger partial charge in [-0.2, -0.15) is 0 Å². The fraction of sp³-hybridized carbons (Fsp3) is 0.100. The van der Waals surface area contributed by atoms with Crippen LogP contribution in [-0.2, 0) is 4.74 Å². The first-order valence-electron chi connectivity index (χ1n) is 8.21. The maximum Gasteiger partial charge on any atom is 0.337 e. The van der Waals surface area contributed by atoms with Crippen LogP contribution in [0.15, 0.2) is 60.8 Å². The van der Waals surface area contributed by atoms with E-state index in [1.54, 1.807) is 24.3 Å². The third-order valence-corrected chi connectivity index (χ3v) is 3.73. The second-order valence-corrected chi connectivity index (χ2v) is 5.78. The average Bonchev–Trinajstić information content (AvgIpc) is 2.68. The van der Waals surface area contributed by atoms with Crippen LogP contribution in [0.2, 0.25) is 0 Å². The molecule has 0 aliphatic rings. The summed E-state index contributed by atoms with van der Waals surface area (Å²) in [5.74, 6) is -0.486. The number of esters is 1. The van der Waals surface area contributed by atoms with E-state index in [9.17, 15) is 9.59 Å². The molecule has 0 saturated carbocycles. The lowest BCUT2D eigenvalue weighted by molar-refractivity contribution is 0.0600. The van der Waals surface area contributed by atoms with E-state index in [0.717, 1.165) is 11.3 Å². The molecule has 7 nitrogen and oxygen atoms in total. The Morgan fingerprint density at radius 3 is 2.48 bits per heavy atom. The first-order chi connectivity index (χ1) is 13.0. The molecule has 0 aliphatic carbocycles. The molecule has 3 rings (SSSR count). The minimum atomic E-state index is -0.435. The van der Waals surface area contributed by atoms with Gasteiger partial charge in [0.25, 0.3) is 5.91 Å². The van der Waals surface area contributed by atoms with E-state index in [4.69, 9.17) is 0 Å². The number of aryl methyl sites for hydroxylation is 1. The largest absolute Gasteiger partial charge is 0.465 e. The zero-order valence-corrected chi connectivity index (χ0v) is 14.9. The standard InChI is InChI=1S/C20H18N4O3/c1-13-4-3-5-16(12-13)23-20-21-11-10-17(24-20)18(25)22-15-8-6-14(7-9-15)19(26)27-2/h3-12H,1-2H3,(H,22,25)(H,21,23,24). The fourth-order valence-electron chi connectivity index (χ4n) is 2.40. The van der Waals surface area contributed by atoms with E-state index < -0.39 is 5.97 Å². The topological polar surface area (TPSA) is 93.2 Å². The van der Waals surface area contributed by atoms with Crippen LogP contribution in [0.3, 0.4) is 0 Å². The Bertz CT molecular complexity index is 971. The quantitative estimate of drug-likeness (QED) is 0.674. The zero-order chi connectivity index (χ0) is 19.2. The van der Waals surface area contributed by atoms with Crippen LogP contribution in [0.4, 0.5) is 17.3 Å². The molecule has 136 valence electrons. The number of amides is 1. The van der Waals surface area contributed by atoms with Crippen LogP contribution in [0.25, 0.3) is 0 Å². The van der Waals surface area contributed by atoms with Crippen molar-refractivity contribution < 1.29 is 14.3 Å². The highest BCUT2D eigenvalue weighted by atomic mass is 16.5. The number of nitrogens with zero attached hydrogens (tertiary/aromatic N) is 2. The number of carbonyl (C=O) groups is 2. The highest BCUT2D eigenvalue weighted by Gasteiger charge is 2.11. The van der Waals surface area contributed by atoms with Crippen molar-refractivity contribution in [2.24, 2.45) is 0 Å².